The highest BCUT2D eigenvalue weighted by atomic mass is 32.2. The minimum Gasteiger partial charge on any atom is -0.467 e. The molecule has 35 heavy (non-hydrogen) atoms. The minimum absolute atomic E-state index is 0.0643. The van der Waals surface area contributed by atoms with E-state index in [1.807, 2.05) is 0 Å². The number of hydrogen-bond donors (Lipinski definition) is 0. The normalized spacial score (nSPS) is 18.5. The number of nitrogens with zero attached hydrogens (tertiary/aromatic N) is 3. The number of hydrogen-bond acceptors (Lipinski definition) is 6. The number of amides is 1. The molecule has 0 N–H and O–H groups in total. The van der Waals surface area contributed by atoms with E-state index in [-0.39, 0.29) is 22.7 Å². The van der Waals surface area contributed by atoms with Crippen molar-refractivity contribution in [3.8, 4) is 5.19 Å². The highest BCUT2D eigenvalue weighted by Gasteiger charge is 2.28. The van der Waals surface area contributed by atoms with Gasteiger partial charge >= 0.3 is 0 Å². The zero-order valence-corrected chi connectivity index (χ0v) is 21.0. The SMILES string of the molecule is O=C(c1ccc(S(=O)(=O)N2CCCCCC2)cc1)N1CCC(Oc2nc3ccc(F)cc3s2)CC1. The van der Waals surface area contributed by atoms with E-state index < -0.39 is 10.0 Å². The van der Waals surface area contributed by atoms with Crippen LogP contribution < -0.4 is 4.74 Å². The molecule has 0 radical (unpaired) electrons. The van der Waals surface area contributed by atoms with Gasteiger partial charge in [0.05, 0.1) is 15.1 Å². The average Bonchev–Trinajstić information content (AvgIpc) is 3.05. The van der Waals surface area contributed by atoms with E-state index in [4.69, 9.17) is 4.74 Å². The Labute approximate surface area is 208 Å². The zero-order chi connectivity index (χ0) is 24.4. The summed E-state index contributed by atoms with van der Waals surface area (Å²) in [7, 11) is -3.54. The Hall–Kier alpha value is -2.56. The summed E-state index contributed by atoms with van der Waals surface area (Å²) in [6.45, 7) is 2.18. The summed E-state index contributed by atoms with van der Waals surface area (Å²) in [5.41, 5.74) is 1.19. The van der Waals surface area contributed by atoms with E-state index in [1.165, 1.54) is 23.5 Å². The second-order valence-electron chi connectivity index (χ2n) is 9.04. The largest absolute Gasteiger partial charge is 0.467 e. The molecule has 2 aliphatic heterocycles. The number of rotatable bonds is 5. The molecule has 0 unspecified atom stereocenters. The van der Waals surface area contributed by atoms with E-state index in [9.17, 15) is 17.6 Å². The lowest BCUT2D eigenvalue weighted by atomic mass is 10.1. The van der Waals surface area contributed by atoms with Crippen LogP contribution in [0.3, 0.4) is 0 Å². The first-order valence-corrected chi connectivity index (χ1v) is 14.3. The molecule has 186 valence electrons. The van der Waals surface area contributed by atoms with Crippen molar-refractivity contribution in [3.63, 3.8) is 0 Å². The quantitative estimate of drug-likeness (QED) is 0.491. The van der Waals surface area contributed by atoms with Gasteiger partial charge in [-0.3, -0.25) is 4.79 Å². The molecule has 3 heterocycles. The van der Waals surface area contributed by atoms with Gasteiger partial charge in [-0.1, -0.05) is 24.2 Å². The third-order valence-electron chi connectivity index (χ3n) is 6.63. The number of aromatic nitrogens is 1. The Bertz CT molecular complexity index is 1290. The fourth-order valence-corrected chi connectivity index (χ4v) is 7.05. The number of ether oxygens (including phenoxy) is 1. The predicted molar refractivity (Wildman–Crippen MR) is 133 cm³/mol. The summed E-state index contributed by atoms with van der Waals surface area (Å²) in [6.07, 6.45) is 5.14. The molecule has 1 aromatic heterocycles. The topological polar surface area (TPSA) is 79.8 Å². The molecule has 0 saturated carbocycles. The van der Waals surface area contributed by atoms with Crippen molar-refractivity contribution in [1.29, 1.82) is 0 Å². The van der Waals surface area contributed by atoms with Gasteiger partial charge in [0.1, 0.15) is 11.9 Å². The summed E-state index contributed by atoms with van der Waals surface area (Å²) < 4.78 is 47.7. The number of sulfonamides is 1. The van der Waals surface area contributed by atoms with E-state index in [0.29, 0.717) is 55.3 Å². The maximum Gasteiger partial charge on any atom is 0.274 e. The molecule has 3 aromatic rings. The summed E-state index contributed by atoms with van der Waals surface area (Å²) >= 11 is 1.32. The Morgan fingerprint density at radius 3 is 2.34 bits per heavy atom. The molecule has 0 atom stereocenters. The maximum atomic E-state index is 13.4. The lowest BCUT2D eigenvalue weighted by Gasteiger charge is -2.31. The number of carbonyl (C=O) groups is 1. The van der Waals surface area contributed by atoms with Crippen molar-refractivity contribution >= 4 is 37.5 Å². The van der Waals surface area contributed by atoms with Crippen LogP contribution in [0, 0.1) is 5.82 Å². The lowest BCUT2D eigenvalue weighted by Crippen LogP contribution is -2.41. The summed E-state index contributed by atoms with van der Waals surface area (Å²) in [4.78, 5) is 19.4. The highest BCUT2D eigenvalue weighted by molar-refractivity contribution is 7.89. The van der Waals surface area contributed by atoms with Crippen LogP contribution in [0.15, 0.2) is 47.4 Å². The third-order valence-corrected chi connectivity index (χ3v) is 9.45. The second kappa shape index (κ2) is 10.2. The van der Waals surface area contributed by atoms with E-state index in [1.54, 1.807) is 39.5 Å². The van der Waals surface area contributed by atoms with Crippen LogP contribution in [0.1, 0.15) is 48.9 Å². The van der Waals surface area contributed by atoms with Crippen LogP contribution in [0.4, 0.5) is 4.39 Å². The molecule has 0 bridgehead atoms. The molecule has 2 saturated heterocycles. The smallest absolute Gasteiger partial charge is 0.274 e. The van der Waals surface area contributed by atoms with Gasteiger partial charge in [0.25, 0.3) is 11.1 Å². The van der Waals surface area contributed by atoms with E-state index >= 15 is 0 Å². The van der Waals surface area contributed by atoms with E-state index in [0.717, 1.165) is 30.4 Å². The second-order valence-corrected chi connectivity index (χ2v) is 12.0. The summed E-state index contributed by atoms with van der Waals surface area (Å²) in [5, 5.41) is 0.511. The first kappa shape index (κ1) is 24.1. The number of likely N-dealkylation sites (tertiary alicyclic amines) is 1. The van der Waals surface area contributed by atoms with Crippen LogP contribution in [0.25, 0.3) is 10.2 Å². The van der Waals surface area contributed by atoms with Crippen molar-refractivity contribution in [2.24, 2.45) is 0 Å². The Balaban J connectivity index is 1.18. The van der Waals surface area contributed by atoms with Crippen molar-refractivity contribution in [3.05, 3.63) is 53.8 Å². The number of carbonyl (C=O) groups excluding carboxylic acids is 1. The summed E-state index contributed by atoms with van der Waals surface area (Å²) in [6, 6.07) is 10.8. The molecule has 1 amide bonds. The van der Waals surface area contributed by atoms with Crippen molar-refractivity contribution < 1.29 is 22.3 Å². The molecule has 10 heteroatoms. The lowest BCUT2D eigenvalue weighted by molar-refractivity contribution is 0.0595. The van der Waals surface area contributed by atoms with Crippen molar-refractivity contribution in [2.75, 3.05) is 26.2 Å². The molecule has 0 aliphatic carbocycles. The van der Waals surface area contributed by atoms with Crippen molar-refractivity contribution in [1.82, 2.24) is 14.2 Å². The molecular formula is C25H28FN3O4S2. The Kier molecular flexibility index (Phi) is 7.04. The highest BCUT2D eigenvalue weighted by Crippen LogP contribution is 2.30. The van der Waals surface area contributed by atoms with Gasteiger partial charge in [-0.05, 0) is 55.3 Å². The molecule has 2 aromatic carbocycles. The molecule has 7 nitrogen and oxygen atoms in total. The number of piperidine rings is 1. The van der Waals surface area contributed by atoms with E-state index in [2.05, 4.69) is 4.98 Å². The van der Waals surface area contributed by atoms with Gasteiger partial charge in [0, 0.05) is 44.6 Å². The van der Waals surface area contributed by atoms with Crippen molar-refractivity contribution in [2.45, 2.75) is 49.5 Å². The van der Waals surface area contributed by atoms with Gasteiger partial charge in [-0.25, -0.2) is 17.8 Å². The van der Waals surface area contributed by atoms with Gasteiger partial charge in [0.15, 0.2) is 0 Å². The Morgan fingerprint density at radius 2 is 1.66 bits per heavy atom. The van der Waals surface area contributed by atoms with Crippen LogP contribution in [0.5, 0.6) is 5.19 Å². The standard InChI is InChI=1S/C25H28FN3O4S2/c26-19-7-10-22-23(17-19)34-25(27-22)33-20-11-15-28(16-12-20)24(30)18-5-8-21(9-6-18)35(31,32)29-13-3-1-2-4-14-29/h5-10,17,20H,1-4,11-16H2. The molecule has 2 fully saturated rings. The predicted octanol–water partition coefficient (Wildman–Crippen LogP) is 4.68. The fraction of sp³-hybridized carbons (Fsp3) is 0.440. The number of fused-ring (bicyclic) bond motifs is 1. The molecule has 0 spiro atoms. The average molecular weight is 518 g/mol. The zero-order valence-electron chi connectivity index (χ0n) is 19.4. The number of halogens is 1. The van der Waals surface area contributed by atoms with Gasteiger partial charge in [-0.2, -0.15) is 4.31 Å². The molecular weight excluding hydrogens is 489 g/mol. The van der Waals surface area contributed by atoms with Crippen LogP contribution in [-0.4, -0.2) is 60.8 Å². The first-order chi connectivity index (χ1) is 16.9. The number of benzene rings is 2. The van der Waals surface area contributed by atoms with Crippen LogP contribution in [0.2, 0.25) is 0 Å². The first-order valence-electron chi connectivity index (χ1n) is 12.0. The molecule has 2 aliphatic rings. The van der Waals surface area contributed by atoms with Gasteiger partial charge in [-0.15, -0.1) is 0 Å². The maximum absolute atomic E-state index is 13.4. The van der Waals surface area contributed by atoms with Crippen LogP contribution >= 0.6 is 11.3 Å². The number of thiazole rings is 1. The monoisotopic (exact) mass is 517 g/mol. The van der Waals surface area contributed by atoms with Gasteiger partial charge in [0.2, 0.25) is 10.0 Å². The van der Waals surface area contributed by atoms with Crippen LogP contribution in [-0.2, 0) is 10.0 Å². The summed E-state index contributed by atoms with van der Waals surface area (Å²) in [5.74, 6) is -0.412. The molecule has 5 rings (SSSR count). The third kappa shape index (κ3) is 5.34. The Morgan fingerprint density at radius 1 is 0.971 bits per heavy atom. The fourth-order valence-electron chi connectivity index (χ4n) is 4.63. The van der Waals surface area contributed by atoms with Gasteiger partial charge < -0.3 is 9.64 Å². The minimum atomic E-state index is -3.54.